The van der Waals surface area contributed by atoms with Crippen molar-refractivity contribution in [2.24, 2.45) is 4.99 Å². The van der Waals surface area contributed by atoms with E-state index >= 15 is 0 Å². The molecule has 0 aliphatic carbocycles. The minimum absolute atomic E-state index is 0.881. The number of pyridine rings is 1. The van der Waals surface area contributed by atoms with Crippen LogP contribution in [0, 0.1) is 0 Å². The zero-order valence-corrected chi connectivity index (χ0v) is 13.2. The van der Waals surface area contributed by atoms with Gasteiger partial charge in [0.05, 0.1) is 5.69 Å². The van der Waals surface area contributed by atoms with Crippen LogP contribution in [0.1, 0.15) is 18.2 Å². The Morgan fingerprint density at radius 3 is 2.59 bits per heavy atom. The van der Waals surface area contributed by atoms with Crippen molar-refractivity contribution >= 4 is 17.4 Å². The number of aliphatic imine (C=N–C) groups is 1. The van der Waals surface area contributed by atoms with Crippen LogP contribution in [0.3, 0.4) is 0 Å². The summed E-state index contributed by atoms with van der Waals surface area (Å²) < 4.78 is 0. The van der Waals surface area contributed by atoms with Crippen LogP contribution >= 0.6 is 0 Å². The van der Waals surface area contributed by atoms with E-state index < -0.39 is 0 Å². The first-order chi connectivity index (χ1) is 10.8. The van der Waals surface area contributed by atoms with Crippen LogP contribution in [-0.4, -0.2) is 18.2 Å². The quantitative estimate of drug-likeness (QED) is 0.509. The average Bonchev–Trinajstić information content (AvgIpc) is 2.55. The van der Waals surface area contributed by atoms with Crippen molar-refractivity contribution in [3.8, 4) is 0 Å². The standard InChI is InChI=1S/C20H22N2/c1-5-8-11-17(10-7-3)20-15-18(13-14-22-20)19(16-21-4)12-9-6-2/h5-16H,1,3H2,2,4H3/b9-6-,11-8-,17-10+,19-12+,21-16?. The molecule has 22 heavy (non-hydrogen) atoms. The number of hydrogen-bond acceptors (Lipinski definition) is 2. The Balaban J connectivity index is 3.32. The molecule has 0 aliphatic heterocycles. The van der Waals surface area contributed by atoms with Gasteiger partial charge < -0.3 is 0 Å². The summed E-state index contributed by atoms with van der Waals surface area (Å²) in [5.41, 5.74) is 3.97. The van der Waals surface area contributed by atoms with Gasteiger partial charge in [-0.2, -0.15) is 0 Å². The lowest BCUT2D eigenvalue weighted by Crippen LogP contribution is -1.92. The predicted molar refractivity (Wildman–Crippen MR) is 99.0 cm³/mol. The second-order valence-corrected chi connectivity index (χ2v) is 4.42. The molecular formula is C20H22N2. The summed E-state index contributed by atoms with van der Waals surface area (Å²) in [6, 6.07) is 4.02. The summed E-state index contributed by atoms with van der Waals surface area (Å²) >= 11 is 0. The first-order valence-electron chi connectivity index (χ1n) is 7.10. The zero-order valence-electron chi connectivity index (χ0n) is 13.2. The van der Waals surface area contributed by atoms with Crippen LogP contribution in [-0.2, 0) is 0 Å². The molecule has 112 valence electrons. The smallest absolute Gasteiger partial charge is 0.0708 e. The van der Waals surface area contributed by atoms with Crippen LogP contribution in [0.2, 0.25) is 0 Å². The van der Waals surface area contributed by atoms with E-state index in [0.29, 0.717) is 0 Å². The van der Waals surface area contributed by atoms with E-state index in [1.807, 2.05) is 61.7 Å². The Hall–Kier alpha value is -2.74. The monoisotopic (exact) mass is 290 g/mol. The Kier molecular flexibility index (Phi) is 7.91. The molecule has 2 nitrogen and oxygen atoms in total. The fraction of sp³-hybridized carbons (Fsp3) is 0.100. The molecule has 0 N–H and O–H groups in total. The van der Waals surface area contributed by atoms with E-state index in [1.165, 1.54) is 0 Å². The fourth-order valence-electron chi connectivity index (χ4n) is 1.85. The number of allylic oxidation sites excluding steroid dienone is 10. The summed E-state index contributed by atoms with van der Waals surface area (Å²) in [4.78, 5) is 8.56. The fourth-order valence-corrected chi connectivity index (χ4v) is 1.85. The summed E-state index contributed by atoms with van der Waals surface area (Å²) in [7, 11) is 1.77. The normalized spacial score (nSPS) is 13.4. The maximum atomic E-state index is 4.44. The van der Waals surface area contributed by atoms with E-state index in [1.54, 1.807) is 25.4 Å². The van der Waals surface area contributed by atoms with Gasteiger partial charge in [-0.05, 0) is 30.2 Å². The Morgan fingerprint density at radius 2 is 1.95 bits per heavy atom. The first-order valence-corrected chi connectivity index (χ1v) is 7.10. The van der Waals surface area contributed by atoms with Gasteiger partial charge in [-0.15, -0.1) is 0 Å². The number of aromatic nitrogens is 1. The Labute approximate surface area is 133 Å². The van der Waals surface area contributed by atoms with Gasteiger partial charge in [0.1, 0.15) is 0 Å². The lowest BCUT2D eigenvalue weighted by atomic mass is 10.0. The third-order valence-corrected chi connectivity index (χ3v) is 2.83. The maximum absolute atomic E-state index is 4.44. The lowest BCUT2D eigenvalue weighted by Gasteiger charge is -2.06. The topological polar surface area (TPSA) is 25.2 Å². The molecule has 0 saturated heterocycles. The SMILES string of the molecule is C=C/C=C\C(=C/C=C)c1cc(/C(C=NC)=C/C=C\C)ccn1. The molecule has 0 fully saturated rings. The van der Waals surface area contributed by atoms with Crippen LogP contribution in [0.25, 0.3) is 11.1 Å². The van der Waals surface area contributed by atoms with E-state index in [9.17, 15) is 0 Å². The molecule has 0 spiro atoms. The molecular weight excluding hydrogens is 268 g/mol. The molecule has 0 atom stereocenters. The number of rotatable bonds is 7. The molecule has 0 unspecified atom stereocenters. The summed E-state index contributed by atoms with van der Waals surface area (Å²) in [6.07, 6.45) is 18.9. The number of hydrogen-bond donors (Lipinski definition) is 0. The van der Waals surface area contributed by atoms with Crippen LogP contribution < -0.4 is 0 Å². The van der Waals surface area contributed by atoms with Crippen molar-refractivity contribution in [2.45, 2.75) is 6.92 Å². The highest BCUT2D eigenvalue weighted by Gasteiger charge is 2.03. The minimum atomic E-state index is 0.881. The third-order valence-electron chi connectivity index (χ3n) is 2.83. The van der Waals surface area contributed by atoms with Gasteiger partial charge in [-0.1, -0.05) is 61.8 Å². The largest absolute Gasteiger partial charge is 0.296 e. The highest BCUT2D eigenvalue weighted by atomic mass is 14.7. The van der Waals surface area contributed by atoms with Gasteiger partial charge >= 0.3 is 0 Å². The van der Waals surface area contributed by atoms with Gasteiger partial charge in [0.25, 0.3) is 0 Å². The molecule has 0 aliphatic rings. The Bertz CT molecular complexity index is 639. The molecule has 1 heterocycles. The number of nitrogens with zero attached hydrogens (tertiary/aromatic N) is 2. The molecule has 2 heteroatoms. The first kappa shape index (κ1) is 17.3. The van der Waals surface area contributed by atoms with Gasteiger partial charge in [-0.3, -0.25) is 9.98 Å². The predicted octanol–water partition coefficient (Wildman–Crippen LogP) is 5.05. The van der Waals surface area contributed by atoms with Crippen molar-refractivity contribution in [2.75, 3.05) is 7.05 Å². The Morgan fingerprint density at radius 1 is 1.14 bits per heavy atom. The van der Waals surface area contributed by atoms with Crippen LogP contribution in [0.15, 0.2) is 85.1 Å². The van der Waals surface area contributed by atoms with Crippen molar-refractivity contribution in [1.82, 2.24) is 4.98 Å². The third kappa shape index (κ3) is 5.33. The molecule has 0 aromatic carbocycles. The van der Waals surface area contributed by atoms with Gasteiger partial charge in [0.2, 0.25) is 0 Å². The highest BCUT2D eigenvalue weighted by Crippen LogP contribution is 2.19. The van der Waals surface area contributed by atoms with Crippen molar-refractivity contribution < 1.29 is 0 Å². The van der Waals surface area contributed by atoms with Crippen LogP contribution in [0.5, 0.6) is 0 Å². The summed E-state index contributed by atoms with van der Waals surface area (Å²) in [5, 5.41) is 0. The van der Waals surface area contributed by atoms with E-state index in [2.05, 4.69) is 23.1 Å². The average molecular weight is 290 g/mol. The molecule has 0 saturated carbocycles. The van der Waals surface area contributed by atoms with Gasteiger partial charge in [0.15, 0.2) is 0 Å². The molecule has 0 bridgehead atoms. The molecule has 1 rings (SSSR count). The molecule has 1 aromatic rings. The van der Waals surface area contributed by atoms with E-state index in [0.717, 1.165) is 22.4 Å². The van der Waals surface area contributed by atoms with Gasteiger partial charge in [0, 0.05) is 25.0 Å². The second kappa shape index (κ2) is 10.1. The van der Waals surface area contributed by atoms with Crippen molar-refractivity contribution in [1.29, 1.82) is 0 Å². The van der Waals surface area contributed by atoms with Crippen LogP contribution in [0.4, 0.5) is 0 Å². The minimum Gasteiger partial charge on any atom is -0.296 e. The molecule has 1 aromatic heterocycles. The van der Waals surface area contributed by atoms with E-state index in [4.69, 9.17) is 0 Å². The second-order valence-electron chi connectivity index (χ2n) is 4.42. The van der Waals surface area contributed by atoms with Gasteiger partial charge in [-0.25, -0.2) is 0 Å². The van der Waals surface area contributed by atoms with Crippen molar-refractivity contribution in [3.05, 3.63) is 91.4 Å². The maximum Gasteiger partial charge on any atom is 0.0708 e. The zero-order chi connectivity index (χ0) is 16.2. The van der Waals surface area contributed by atoms with E-state index in [-0.39, 0.29) is 0 Å². The summed E-state index contributed by atoms with van der Waals surface area (Å²) in [6.45, 7) is 9.44. The van der Waals surface area contributed by atoms with Crippen molar-refractivity contribution in [3.63, 3.8) is 0 Å². The molecule has 0 amide bonds. The summed E-state index contributed by atoms with van der Waals surface area (Å²) in [5.74, 6) is 0. The lowest BCUT2D eigenvalue weighted by molar-refractivity contribution is 1.27. The molecule has 0 radical (unpaired) electrons. The highest BCUT2D eigenvalue weighted by molar-refractivity contribution is 6.10.